The molecule has 0 aromatic heterocycles. The fourth-order valence-electron chi connectivity index (χ4n) is 6.80. The number of ketones is 3. The number of nitrogens with one attached hydrogen (secondary N) is 5. The Labute approximate surface area is 419 Å². The normalized spacial score (nSPS) is 13.0. The highest BCUT2D eigenvalue weighted by atomic mass is 32.2. The average Bonchev–Trinajstić information content (AvgIpc) is 3.31. The van der Waals surface area contributed by atoms with E-state index in [0.29, 0.717) is 12.0 Å². The van der Waals surface area contributed by atoms with Crippen molar-refractivity contribution in [2.24, 2.45) is 17.6 Å². The van der Waals surface area contributed by atoms with Crippen LogP contribution in [0, 0.1) is 11.8 Å². The van der Waals surface area contributed by atoms with Gasteiger partial charge in [-0.2, -0.15) is 21.4 Å². The highest BCUT2D eigenvalue weighted by molar-refractivity contribution is 7.98. The summed E-state index contributed by atoms with van der Waals surface area (Å²) in [6, 6.07) is 12.4. The Kier molecular flexibility index (Phi) is 30.9. The highest BCUT2D eigenvalue weighted by Gasteiger charge is 2.32. The SMILES string of the molecule is CSC[C@H](CC(=O)[C@H](CC(=O)O)NC(=O)[C@@H](N)CNC(=O)[C@@H](CC(=O)[C@H](Cc1ccccc1)NC(=O)CCCCC(=O)CC[C@H](NC(=S)NCCCC(=O)O)C(=O)O)Cc1ccccc1)C(=O)O.O=C=O. The van der Waals surface area contributed by atoms with E-state index in [1.807, 2.05) is 0 Å². The van der Waals surface area contributed by atoms with Crippen LogP contribution in [-0.4, -0.2) is 140 Å². The largest absolute Gasteiger partial charge is 0.481 e. The van der Waals surface area contributed by atoms with E-state index in [0.717, 1.165) is 5.56 Å². The summed E-state index contributed by atoms with van der Waals surface area (Å²) < 4.78 is 0. The lowest BCUT2D eigenvalue weighted by molar-refractivity contribution is -0.192. The molecule has 2 aromatic carbocycles. The highest BCUT2D eigenvalue weighted by Crippen LogP contribution is 2.18. The van der Waals surface area contributed by atoms with Gasteiger partial charge < -0.3 is 52.7 Å². The van der Waals surface area contributed by atoms with Crippen LogP contribution in [0.25, 0.3) is 0 Å². The molecule has 0 aliphatic carbocycles. The summed E-state index contributed by atoms with van der Waals surface area (Å²) in [6.45, 7) is -0.258. The third-order valence-electron chi connectivity index (χ3n) is 10.5. The Morgan fingerprint density at radius 2 is 1.18 bits per heavy atom. The lowest BCUT2D eigenvalue weighted by Crippen LogP contribution is -2.53. The van der Waals surface area contributed by atoms with Gasteiger partial charge in [0.2, 0.25) is 17.7 Å². The summed E-state index contributed by atoms with van der Waals surface area (Å²) in [7, 11) is 0. The number of benzene rings is 2. The molecule has 0 unspecified atom stereocenters. The van der Waals surface area contributed by atoms with Crippen molar-refractivity contribution in [3.8, 4) is 0 Å². The Morgan fingerprint density at radius 1 is 0.620 bits per heavy atom. The number of hydrogen-bond acceptors (Lipinski definition) is 15. The number of rotatable bonds is 35. The van der Waals surface area contributed by atoms with E-state index >= 15 is 0 Å². The molecule has 11 N–H and O–H groups in total. The third kappa shape index (κ3) is 27.8. The maximum Gasteiger partial charge on any atom is 0.373 e. The number of nitrogens with two attached hydrogens (primary N) is 1. The molecule has 3 amide bonds. The first kappa shape index (κ1) is 62.1. The number of carboxylic acid groups (broad SMARTS) is 4. The number of thiocarbonyl (C=S) groups is 1. The Morgan fingerprint density at radius 3 is 1.73 bits per heavy atom. The molecule has 0 aliphatic heterocycles. The van der Waals surface area contributed by atoms with E-state index in [1.165, 1.54) is 11.8 Å². The number of unbranched alkanes of at least 4 members (excludes halogenated alkanes) is 1. The van der Waals surface area contributed by atoms with Crippen LogP contribution >= 0.6 is 24.0 Å². The van der Waals surface area contributed by atoms with Crippen LogP contribution in [0.2, 0.25) is 0 Å². The van der Waals surface area contributed by atoms with Crippen LogP contribution in [0.3, 0.4) is 0 Å². The van der Waals surface area contributed by atoms with Crippen molar-refractivity contribution in [2.75, 3.05) is 25.1 Å². The first-order valence-electron chi connectivity index (χ1n) is 22.4. The number of thioether (sulfide) groups is 1. The monoisotopic (exact) mass is 1030 g/mol. The zero-order chi connectivity index (χ0) is 53.3. The fraction of sp³-hybridized carbons (Fsp3) is 0.489. The molecule has 388 valence electrons. The van der Waals surface area contributed by atoms with E-state index in [4.69, 9.17) is 32.6 Å². The van der Waals surface area contributed by atoms with Gasteiger partial charge in [0.05, 0.1) is 24.4 Å². The number of carbonyl (C=O) groups excluding carboxylic acids is 8. The second kappa shape index (κ2) is 35.3. The molecule has 0 radical (unpaired) electrons. The Hall–Kier alpha value is -6.88. The summed E-state index contributed by atoms with van der Waals surface area (Å²) in [4.78, 5) is 142. The quantitative estimate of drug-likeness (QED) is 0.0341. The Balaban J connectivity index is 0.00000818. The molecule has 22 nitrogen and oxygen atoms in total. The standard InChI is InChI=1S/C46H62N6O14S2.CO2/c1-68-27-31(44(63)64)24-38(55)36(25-41(59)60)51-43(62)33(47)26-49-42(61)30(21-28-11-4-2-5-12-28)23-37(54)35(22-29-13-6-3-7-14-29)50-39(56)16-9-8-15-32(53)18-19-34(45(65)66)52-46(67)48-20-10-17-40(57)58;2-1-3/h2-7,11-14,30-31,33-36H,8-10,15-27,47H2,1H3,(H,49,61)(H,50,56)(H,51,62)(H,57,58)(H,59,60)(H,63,64)(H,65,66)(H2,48,52,67);/t30-,31+,33+,34+,35+,36+;/m1./s1. The summed E-state index contributed by atoms with van der Waals surface area (Å²) in [5.74, 6) is -10.6. The molecule has 0 fully saturated rings. The molecule has 0 saturated carbocycles. The van der Waals surface area contributed by atoms with Crippen LogP contribution in [0.4, 0.5) is 0 Å². The molecular formula is C47H62N6O16S2. The number of amides is 3. The maximum absolute atomic E-state index is 14.1. The molecule has 0 aliphatic rings. The van der Waals surface area contributed by atoms with E-state index in [9.17, 15) is 63.3 Å². The van der Waals surface area contributed by atoms with Crippen LogP contribution in [0.1, 0.15) is 81.8 Å². The molecular weight excluding hydrogens is 969 g/mol. The second-order valence-corrected chi connectivity index (χ2v) is 17.5. The molecule has 24 heteroatoms. The number of Topliss-reactive ketones (excluding diaryl/α,β-unsaturated/α-hetero) is 3. The van der Waals surface area contributed by atoms with Crippen molar-refractivity contribution < 1.29 is 78.0 Å². The first-order chi connectivity index (χ1) is 33.7. The summed E-state index contributed by atoms with van der Waals surface area (Å²) in [6.07, 6.45) is 1.01. The molecule has 2 aromatic rings. The van der Waals surface area contributed by atoms with Crippen molar-refractivity contribution in [3.05, 3.63) is 71.8 Å². The average molecular weight is 1030 g/mol. The van der Waals surface area contributed by atoms with Crippen LogP contribution < -0.4 is 32.3 Å². The minimum absolute atomic E-state index is 0.0157. The van der Waals surface area contributed by atoms with Crippen molar-refractivity contribution in [1.29, 1.82) is 0 Å². The number of hydrogen-bond donors (Lipinski definition) is 10. The zero-order valence-electron chi connectivity index (χ0n) is 39.1. The van der Waals surface area contributed by atoms with Gasteiger partial charge in [-0.25, -0.2) is 4.79 Å². The van der Waals surface area contributed by atoms with Crippen LogP contribution in [0.5, 0.6) is 0 Å². The number of carbonyl (C=O) groups is 10. The second-order valence-electron chi connectivity index (χ2n) is 16.2. The van der Waals surface area contributed by atoms with Gasteiger partial charge in [0.25, 0.3) is 0 Å². The molecule has 0 bridgehead atoms. The minimum Gasteiger partial charge on any atom is -0.481 e. The Bertz CT molecular complexity index is 2140. The van der Waals surface area contributed by atoms with Gasteiger partial charge in [-0.15, -0.1) is 0 Å². The molecule has 2 rings (SSSR count). The molecule has 0 heterocycles. The maximum atomic E-state index is 14.1. The van der Waals surface area contributed by atoms with Gasteiger partial charge >= 0.3 is 30.0 Å². The van der Waals surface area contributed by atoms with Gasteiger partial charge in [-0.1, -0.05) is 60.7 Å². The van der Waals surface area contributed by atoms with Gasteiger partial charge in [0.1, 0.15) is 17.9 Å². The van der Waals surface area contributed by atoms with E-state index in [2.05, 4.69) is 26.6 Å². The smallest absolute Gasteiger partial charge is 0.373 e. The van der Waals surface area contributed by atoms with E-state index < -0.39 is 109 Å². The van der Waals surface area contributed by atoms with Gasteiger partial charge in [-0.05, 0) is 68.1 Å². The number of aliphatic carboxylic acids is 4. The van der Waals surface area contributed by atoms with Crippen molar-refractivity contribution >= 4 is 94.2 Å². The molecule has 0 saturated heterocycles. The zero-order valence-corrected chi connectivity index (χ0v) is 40.8. The summed E-state index contributed by atoms with van der Waals surface area (Å²) >= 11 is 6.27. The van der Waals surface area contributed by atoms with Gasteiger partial charge in [-0.3, -0.25) is 43.2 Å². The molecule has 71 heavy (non-hydrogen) atoms. The van der Waals surface area contributed by atoms with E-state index in [-0.39, 0.29) is 93.6 Å². The van der Waals surface area contributed by atoms with Crippen molar-refractivity contribution in [1.82, 2.24) is 26.6 Å². The predicted molar refractivity (Wildman–Crippen MR) is 259 cm³/mol. The van der Waals surface area contributed by atoms with Gasteiger partial charge in [0.15, 0.2) is 16.7 Å². The number of carboxylic acids is 4. The third-order valence-corrected chi connectivity index (χ3v) is 11.5. The minimum atomic E-state index is -1.58. The molecule has 6 atom stereocenters. The summed E-state index contributed by atoms with van der Waals surface area (Å²) in [5.41, 5.74) is 7.50. The predicted octanol–water partition coefficient (Wildman–Crippen LogP) is 1.07. The van der Waals surface area contributed by atoms with Crippen molar-refractivity contribution in [3.63, 3.8) is 0 Å². The topological polar surface area (TPSA) is 372 Å². The van der Waals surface area contributed by atoms with Crippen LogP contribution in [-0.2, 0) is 70.4 Å². The lowest BCUT2D eigenvalue weighted by atomic mass is 9.89. The molecule has 0 spiro atoms. The van der Waals surface area contributed by atoms with Gasteiger partial charge in [0, 0.05) is 63.3 Å². The van der Waals surface area contributed by atoms with Crippen LogP contribution in [0.15, 0.2) is 60.7 Å². The lowest BCUT2D eigenvalue weighted by Gasteiger charge is -2.23. The van der Waals surface area contributed by atoms with E-state index in [1.54, 1.807) is 66.9 Å². The fourth-order valence-corrected chi connectivity index (χ4v) is 7.71. The van der Waals surface area contributed by atoms with Crippen molar-refractivity contribution in [2.45, 2.75) is 108 Å². The first-order valence-corrected chi connectivity index (χ1v) is 24.2. The summed E-state index contributed by atoms with van der Waals surface area (Å²) in [5, 5.41) is 50.2.